The Balaban J connectivity index is 1.10. The molecule has 0 radical (unpaired) electrons. The number of methoxy groups -OCH3 is 2. The number of unbranched alkanes of at least 4 members (excludes halogenated alkanes) is 1. The Morgan fingerprint density at radius 2 is 1.90 bits per heavy atom. The summed E-state index contributed by atoms with van der Waals surface area (Å²) in [5.74, 6) is 10.6. The number of ether oxygens (including phenoxy) is 5. The summed E-state index contributed by atoms with van der Waals surface area (Å²) in [6, 6.07) is 18.8. The number of phenols is 2. The fraction of sp³-hybridized carbons (Fsp3) is 0.484. The van der Waals surface area contributed by atoms with Crippen molar-refractivity contribution in [2.45, 2.75) is 144 Å². The Morgan fingerprint density at radius 3 is 2.74 bits per heavy atom. The maximum absolute atomic E-state index is 13.3. The first kappa shape index (κ1) is 53.1. The molecule has 5 heterocycles. The van der Waals surface area contributed by atoms with Gasteiger partial charge in [0.2, 0.25) is 0 Å². The molecule has 4 aromatic rings. The molecule has 4 aromatic carbocycles. The highest BCUT2D eigenvalue weighted by Gasteiger charge is 2.52. The third-order valence-electron chi connectivity index (χ3n) is 17.9. The number of hydrogen-bond donors (Lipinski definition) is 6. The molecule has 14 heteroatoms. The van der Waals surface area contributed by atoms with Gasteiger partial charge in [-0.2, -0.15) is 0 Å². The van der Waals surface area contributed by atoms with E-state index in [1.54, 1.807) is 20.3 Å². The van der Waals surface area contributed by atoms with Gasteiger partial charge in [0.1, 0.15) is 36.1 Å². The Bertz CT molecular complexity index is 3100. The summed E-state index contributed by atoms with van der Waals surface area (Å²) >= 11 is 0. The van der Waals surface area contributed by atoms with Crippen molar-refractivity contribution in [1.82, 2.24) is 16.0 Å². The molecule has 1 saturated heterocycles. The van der Waals surface area contributed by atoms with Crippen LogP contribution in [0, 0.1) is 23.7 Å². The standard InChI is InChI=1S/C64H74N4O8S2/c1-37(69)74-35-50-46-18-19-47-56-42(30-44(70)31-53(56)73-3)33-64-24-23-39(32-64)27-41-17-22-55(65)68-51(41)16-10-15-45-49(34-66-25-7-8-26-72-2)59(71)62-48(57(45)60(50)75-61(46)58(47)64)20-21-52-63(76-62)54(29-38-11-5-4-6-12-38)78-77-36-40-13-9-14-43(28-40)67-52/h4-6,11-12,17-22,30-31,39-40,43,50,52,54-55,60,63,66-68,70-71H,7-9,13-15,23-29,32-36,65H2,1-3H3. The van der Waals surface area contributed by atoms with Gasteiger partial charge in [-0.05, 0) is 135 Å². The van der Waals surface area contributed by atoms with Crippen LogP contribution < -0.4 is 35.9 Å². The van der Waals surface area contributed by atoms with Crippen LogP contribution in [0.5, 0.6) is 28.7 Å². The Kier molecular flexibility index (Phi) is 15.6. The normalized spacial score (nSPS) is 28.2. The molecule has 3 aliphatic carbocycles. The Morgan fingerprint density at radius 1 is 1.01 bits per heavy atom. The molecule has 10 atom stereocenters. The number of nitrogens with two attached hydrogens (primary N) is 1. The van der Waals surface area contributed by atoms with Crippen molar-refractivity contribution in [3.8, 4) is 51.7 Å². The smallest absolute Gasteiger partial charge is 0.302 e. The summed E-state index contributed by atoms with van der Waals surface area (Å²) in [4.78, 5) is 13.1. The first-order chi connectivity index (χ1) is 38.1. The molecule has 12 nitrogen and oxygen atoms in total. The summed E-state index contributed by atoms with van der Waals surface area (Å²) in [5.41, 5.74) is 17.8. The fourth-order valence-corrected chi connectivity index (χ4v) is 17.6. The second-order valence-corrected chi connectivity index (χ2v) is 25.7. The van der Waals surface area contributed by atoms with Gasteiger partial charge >= 0.3 is 5.97 Å². The number of dihydropyridines is 1. The number of fused-ring (bicyclic) bond motifs is 11. The van der Waals surface area contributed by atoms with Gasteiger partial charge < -0.3 is 55.6 Å². The van der Waals surface area contributed by atoms with Crippen LogP contribution in [0.4, 0.5) is 0 Å². The first-order valence-corrected chi connectivity index (χ1v) is 30.8. The molecule has 2 saturated carbocycles. The lowest BCUT2D eigenvalue weighted by Crippen LogP contribution is -2.52. The molecule has 3 fully saturated rings. The van der Waals surface area contributed by atoms with E-state index in [1.807, 2.05) is 33.7 Å². The molecule has 7 N–H and O–H groups in total. The monoisotopic (exact) mass is 1090 g/mol. The van der Waals surface area contributed by atoms with Crippen LogP contribution >= 0.6 is 21.6 Å². The summed E-state index contributed by atoms with van der Waals surface area (Å²) in [6.07, 6.45) is 19.0. The molecule has 10 unspecified atom stereocenters. The number of esters is 1. The van der Waals surface area contributed by atoms with Gasteiger partial charge in [-0.25, -0.2) is 0 Å². The summed E-state index contributed by atoms with van der Waals surface area (Å²) < 4.78 is 33.2. The van der Waals surface area contributed by atoms with E-state index in [2.05, 4.69) is 88.5 Å². The third-order valence-corrected chi connectivity index (χ3v) is 20.9. The summed E-state index contributed by atoms with van der Waals surface area (Å²) in [6.45, 7) is 3.24. The largest absolute Gasteiger partial charge is 0.508 e. The minimum Gasteiger partial charge on any atom is -0.508 e. The van der Waals surface area contributed by atoms with Crippen LogP contribution in [0.25, 0.3) is 17.2 Å². The zero-order valence-corrected chi connectivity index (χ0v) is 46.8. The van der Waals surface area contributed by atoms with E-state index in [1.165, 1.54) is 25.3 Å². The minimum absolute atomic E-state index is 0.0175. The molecule has 0 amide bonds. The molecular formula is C64H74N4O8S2. The number of hydrogen-bond acceptors (Lipinski definition) is 14. The number of phenolic OH excluding ortho intramolecular Hbond substituents is 2. The van der Waals surface area contributed by atoms with Crippen molar-refractivity contribution in [3.63, 3.8) is 0 Å². The summed E-state index contributed by atoms with van der Waals surface area (Å²) in [5, 5.41) is 35.9. The predicted molar refractivity (Wildman–Crippen MR) is 310 cm³/mol. The number of aromatic hydroxyl groups is 2. The lowest BCUT2D eigenvalue weighted by atomic mass is 9.65. The number of carbonyl (C=O) groups excluding carboxylic acids is 1. The topological polar surface area (TPSA) is 166 Å². The molecule has 8 aliphatic rings. The van der Waals surface area contributed by atoms with Crippen molar-refractivity contribution in [3.05, 3.63) is 129 Å². The van der Waals surface area contributed by atoms with Gasteiger partial charge in [-0.15, -0.1) is 0 Å². The zero-order valence-electron chi connectivity index (χ0n) is 45.2. The van der Waals surface area contributed by atoms with Crippen LogP contribution in [0.2, 0.25) is 0 Å². The average molecular weight is 1090 g/mol. The van der Waals surface area contributed by atoms with E-state index in [0.717, 1.165) is 125 Å². The molecule has 410 valence electrons. The average Bonchev–Trinajstić information content (AvgIpc) is 4.14. The number of benzene rings is 4. The number of rotatable bonds is 12. The van der Waals surface area contributed by atoms with Crippen LogP contribution in [0.1, 0.15) is 128 Å². The van der Waals surface area contributed by atoms with Gasteiger partial charge in [0, 0.05) is 90.3 Å². The number of carbonyl (C=O) groups is 1. The van der Waals surface area contributed by atoms with Crippen molar-refractivity contribution in [1.29, 1.82) is 0 Å². The molecule has 12 rings (SSSR count). The second kappa shape index (κ2) is 22.9. The van der Waals surface area contributed by atoms with Crippen LogP contribution in [-0.2, 0) is 45.5 Å². The number of nitrogens with one attached hydrogen (secondary N) is 3. The van der Waals surface area contributed by atoms with E-state index in [0.29, 0.717) is 61.1 Å². The van der Waals surface area contributed by atoms with Gasteiger partial charge in [0.15, 0.2) is 11.5 Å². The van der Waals surface area contributed by atoms with E-state index < -0.39 is 12.0 Å². The van der Waals surface area contributed by atoms with Crippen LogP contribution in [-0.4, -0.2) is 85.5 Å². The molecule has 78 heavy (non-hydrogen) atoms. The van der Waals surface area contributed by atoms with E-state index in [-0.39, 0.29) is 59.5 Å². The maximum Gasteiger partial charge on any atom is 0.302 e. The summed E-state index contributed by atoms with van der Waals surface area (Å²) in [7, 11) is 7.29. The van der Waals surface area contributed by atoms with Gasteiger partial charge in [0.05, 0.1) is 36.2 Å². The first-order valence-electron chi connectivity index (χ1n) is 28.4. The Hall–Kier alpha value is -5.53. The highest BCUT2D eigenvalue weighted by Crippen LogP contribution is 2.63. The lowest BCUT2D eigenvalue weighted by molar-refractivity contribution is -0.141. The predicted octanol–water partition coefficient (Wildman–Crippen LogP) is 10.6. The SMILES string of the molecule is COCCCCNCc1c(O)c2c(c3c1CC#CC1=C(C=CC(N)N1)CC1CCC4(Cc5cc(O)cc(OC)c5-c5ccc6c(c54)OC3C6COC(C)=O)C1)C=CC1NC3CCCC(CSSC(Cc4ccccc4)C1O2)C3. The lowest BCUT2D eigenvalue weighted by Gasteiger charge is -2.39. The van der Waals surface area contributed by atoms with Crippen LogP contribution in [0.15, 0.2) is 84.1 Å². The molecule has 5 aliphatic heterocycles. The molecule has 6 bridgehead atoms. The van der Waals surface area contributed by atoms with Crippen molar-refractivity contribution in [2.24, 2.45) is 17.6 Å². The highest BCUT2D eigenvalue weighted by atomic mass is 33.1. The molecule has 0 aromatic heterocycles. The molecule has 1 spiro atoms. The van der Waals surface area contributed by atoms with Gasteiger partial charge in [-0.3, -0.25) is 4.79 Å². The Labute approximate surface area is 467 Å². The van der Waals surface area contributed by atoms with Gasteiger partial charge in [-0.1, -0.05) is 94.6 Å². The van der Waals surface area contributed by atoms with Crippen molar-refractivity contribution < 1.29 is 38.7 Å². The van der Waals surface area contributed by atoms with E-state index in [4.69, 9.17) is 29.4 Å². The fourth-order valence-electron chi connectivity index (χ4n) is 14.4. The van der Waals surface area contributed by atoms with Crippen LogP contribution in [0.3, 0.4) is 0 Å². The van der Waals surface area contributed by atoms with Gasteiger partial charge in [0.25, 0.3) is 0 Å². The van der Waals surface area contributed by atoms with E-state index in [9.17, 15) is 15.0 Å². The molecular weight excluding hydrogens is 1020 g/mol. The minimum atomic E-state index is -0.693. The quantitative estimate of drug-likeness (QED) is 0.0343. The zero-order chi connectivity index (χ0) is 53.5. The van der Waals surface area contributed by atoms with Crippen molar-refractivity contribution >= 4 is 33.6 Å². The highest BCUT2D eigenvalue weighted by molar-refractivity contribution is 8.77. The second-order valence-electron chi connectivity index (χ2n) is 23.0. The van der Waals surface area contributed by atoms with E-state index >= 15 is 0 Å². The van der Waals surface area contributed by atoms with Crippen molar-refractivity contribution in [2.75, 3.05) is 39.7 Å². The number of allylic oxidation sites excluding steroid dienone is 3. The maximum atomic E-state index is 13.3. The third kappa shape index (κ3) is 10.4.